The third-order valence-corrected chi connectivity index (χ3v) is 4.30. The van der Waals surface area contributed by atoms with Crippen molar-refractivity contribution >= 4 is 28.3 Å². The van der Waals surface area contributed by atoms with Crippen LogP contribution in [-0.4, -0.2) is 20.8 Å². The first-order valence-electron chi connectivity index (χ1n) is 8.76. The second-order valence-electron chi connectivity index (χ2n) is 6.18. The number of carbonyl (C=O) groups excluding carboxylic acids is 1. The zero-order valence-corrected chi connectivity index (χ0v) is 14.7. The maximum atomic E-state index is 12.3. The Balaban J connectivity index is 1.38. The third-order valence-electron chi connectivity index (χ3n) is 4.30. The average Bonchev–Trinajstić information content (AvgIpc) is 3.15. The third kappa shape index (κ3) is 4.12. The maximum absolute atomic E-state index is 12.3. The molecule has 0 saturated carbocycles. The number of fused-ring (bicyclic) bond motifs is 1. The quantitative estimate of drug-likeness (QED) is 0.559. The van der Waals surface area contributed by atoms with Gasteiger partial charge in [0.05, 0.1) is 5.69 Å². The van der Waals surface area contributed by atoms with E-state index in [0.29, 0.717) is 5.82 Å². The molecule has 2 amide bonds. The van der Waals surface area contributed by atoms with E-state index in [4.69, 9.17) is 0 Å². The van der Waals surface area contributed by atoms with Crippen LogP contribution in [-0.2, 0) is 13.0 Å². The molecule has 6 heteroatoms. The van der Waals surface area contributed by atoms with Crippen LogP contribution in [0.15, 0.2) is 79.3 Å². The van der Waals surface area contributed by atoms with Gasteiger partial charge in [-0.3, -0.25) is 15.0 Å². The zero-order valence-electron chi connectivity index (χ0n) is 14.7. The summed E-state index contributed by atoms with van der Waals surface area (Å²) in [6.45, 7) is 0.733. The van der Waals surface area contributed by atoms with Crippen molar-refractivity contribution in [3.8, 4) is 0 Å². The lowest BCUT2D eigenvalue weighted by atomic mass is 10.1. The standard InChI is InChI=1S/C21H19N5O/c27-21(23-19-7-3-5-17-4-1-2-6-18(17)19)24-20-11-15-26(25-20)14-10-16-8-12-22-13-9-16/h1-9,11-13,15H,10,14H2,(H2,23,24,25,27). The molecule has 4 aromatic rings. The molecule has 0 aliphatic heterocycles. The van der Waals surface area contributed by atoms with Crippen LogP contribution < -0.4 is 10.6 Å². The number of aromatic nitrogens is 3. The predicted octanol–water partition coefficient (Wildman–Crippen LogP) is 4.32. The van der Waals surface area contributed by atoms with Crippen LogP contribution in [0.5, 0.6) is 0 Å². The van der Waals surface area contributed by atoms with Gasteiger partial charge in [-0.05, 0) is 35.6 Å². The molecular weight excluding hydrogens is 338 g/mol. The minimum atomic E-state index is -0.314. The Hall–Kier alpha value is -3.67. The average molecular weight is 357 g/mol. The monoisotopic (exact) mass is 357 g/mol. The Morgan fingerprint density at radius 2 is 1.74 bits per heavy atom. The van der Waals surface area contributed by atoms with Crippen LogP contribution in [0, 0.1) is 0 Å². The topological polar surface area (TPSA) is 71.8 Å². The molecule has 2 aromatic carbocycles. The molecule has 0 fully saturated rings. The second kappa shape index (κ2) is 7.70. The van der Waals surface area contributed by atoms with Crippen molar-refractivity contribution in [2.45, 2.75) is 13.0 Å². The van der Waals surface area contributed by atoms with Gasteiger partial charge in [0.25, 0.3) is 0 Å². The molecule has 0 aliphatic rings. The van der Waals surface area contributed by atoms with Crippen molar-refractivity contribution < 1.29 is 4.79 Å². The van der Waals surface area contributed by atoms with Crippen LogP contribution in [0.3, 0.4) is 0 Å². The lowest BCUT2D eigenvalue weighted by Gasteiger charge is -2.09. The molecule has 2 N–H and O–H groups in total. The fraction of sp³-hybridized carbons (Fsp3) is 0.0952. The summed E-state index contributed by atoms with van der Waals surface area (Å²) in [4.78, 5) is 16.3. The lowest BCUT2D eigenvalue weighted by molar-refractivity contribution is 0.262. The van der Waals surface area contributed by atoms with Crippen molar-refractivity contribution in [1.82, 2.24) is 14.8 Å². The predicted molar refractivity (Wildman–Crippen MR) is 107 cm³/mol. The first-order chi connectivity index (χ1) is 13.3. The van der Waals surface area contributed by atoms with Crippen LogP contribution in [0.1, 0.15) is 5.56 Å². The van der Waals surface area contributed by atoms with E-state index < -0.39 is 0 Å². The van der Waals surface area contributed by atoms with E-state index in [1.807, 2.05) is 65.5 Å². The van der Waals surface area contributed by atoms with Gasteiger partial charge in [-0.15, -0.1) is 0 Å². The second-order valence-corrected chi connectivity index (χ2v) is 6.18. The minimum Gasteiger partial charge on any atom is -0.307 e. The van der Waals surface area contributed by atoms with Crippen molar-refractivity contribution in [2.75, 3.05) is 10.6 Å². The number of nitrogens with one attached hydrogen (secondary N) is 2. The highest BCUT2D eigenvalue weighted by atomic mass is 16.2. The molecule has 4 rings (SSSR count). The Bertz CT molecular complexity index is 1050. The lowest BCUT2D eigenvalue weighted by Crippen LogP contribution is -2.20. The van der Waals surface area contributed by atoms with Gasteiger partial charge < -0.3 is 5.32 Å². The van der Waals surface area contributed by atoms with E-state index in [1.54, 1.807) is 18.5 Å². The fourth-order valence-electron chi connectivity index (χ4n) is 2.95. The molecule has 0 spiro atoms. The Kier molecular flexibility index (Phi) is 4.78. The summed E-state index contributed by atoms with van der Waals surface area (Å²) in [7, 11) is 0. The van der Waals surface area contributed by atoms with Gasteiger partial charge in [-0.1, -0.05) is 36.4 Å². The van der Waals surface area contributed by atoms with Crippen LogP contribution in [0.4, 0.5) is 16.3 Å². The van der Waals surface area contributed by atoms with E-state index in [1.165, 1.54) is 5.56 Å². The SMILES string of the molecule is O=C(Nc1ccn(CCc2ccncc2)n1)Nc1cccc2ccccc12. The van der Waals surface area contributed by atoms with E-state index in [0.717, 1.165) is 29.4 Å². The number of nitrogens with zero attached hydrogens (tertiary/aromatic N) is 3. The molecule has 6 nitrogen and oxygen atoms in total. The van der Waals surface area contributed by atoms with E-state index >= 15 is 0 Å². The highest BCUT2D eigenvalue weighted by molar-refractivity contribution is 6.05. The number of rotatable bonds is 5. The van der Waals surface area contributed by atoms with Gasteiger partial charge in [-0.2, -0.15) is 5.10 Å². The highest BCUT2D eigenvalue weighted by Gasteiger charge is 2.07. The van der Waals surface area contributed by atoms with Crippen molar-refractivity contribution in [1.29, 1.82) is 0 Å². The van der Waals surface area contributed by atoms with E-state index in [2.05, 4.69) is 20.7 Å². The summed E-state index contributed by atoms with van der Waals surface area (Å²) < 4.78 is 1.81. The van der Waals surface area contributed by atoms with Crippen LogP contribution in [0.25, 0.3) is 10.8 Å². The maximum Gasteiger partial charge on any atom is 0.324 e. The summed E-state index contributed by atoms with van der Waals surface area (Å²) in [5.41, 5.74) is 1.96. The molecule has 0 bridgehead atoms. The fourth-order valence-corrected chi connectivity index (χ4v) is 2.95. The van der Waals surface area contributed by atoms with Crippen LogP contribution in [0.2, 0.25) is 0 Å². The summed E-state index contributed by atoms with van der Waals surface area (Å²) in [6, 6.07) is 19.2. The molecule has 0 aliphatic carbocycles. The van der Waals surface area contributed by atoms with Crippen molar-refractivity contribution in [2.24, 2.45) is 0 Å². The number of amides is 2. The zero-order chi connectivity index (χ0) is 18.5. The van der Waals surface area contributed by atoms with Gasteiger partial charge in [0.2, 0.25) is 0 Å². The molecule has 0 unspecified atom stereocenters. The molecular formula is C21H19N5O. The smallest absolute Gasteiger partial charge is 0.307 e. The van der Waals surface area contributed by atoms with Crippen molar-refractivity contribution in [3.63, 3.8) is 0 Å². The number of hydrogen-bond donors (Lipinski definition) is 2. The number of anilines is 2. The molecule has 0 atom stereocenters. The summed E-state index contributed by atoms with van der Waals surface area (Å²) >= 11 is 0. The number of aryl methyl sites for hydroxylation is 2. The summed E-state index contributed by atoms with van der Waals surface area (Å²) in [5, 5.41) is 12.2. The molecule has 2 aromatic heterocycles. The molecule has 0 saturated heterocycles. The van der Waals surface area contributed by atoms with E-state index in [9.17, 15) is 4.79 Å². The number of urea groups is 1. The molecule has 134 valence electrons. The first kappa shape index (κ1) is 16.8. The summed E-state index contributed by atoms with van der Waals surface area (Å²) in [5.74, 6) is 0.516. The molecule has 0 radical (unpaired) electrons. The first-order valence-corrected chi connectivity index (χ1v) is 8.76. The molecule has 2 heterocycles. The minimum absolute atomic E-state index is 0.314. The number of pyridine rings is 1. The van der Waals surface area contributed by atoms with Gasteiger partial charge >= 0.3 is 6.03 Å². The van der Waals surface area contributed by atoms with E-state index in [-0.39, 0.29) is 6.03 Å². The Labute approximate surface area is 156 Å². The summed E-state index contributed by atoms with van der Waals surface area (Å²) in [6.07, 6.45) is 6.27. The Morgan fingerprint density at radius 3 is 2.63 bits per heavy atom. The van der Waals surface area contributed by atoms with Gasteiger partial charge in [0, 0.05) is 36.6 Å². The van der Waals surface area contributed by atoms with Crippen LogP contribution >= 0.6 is 0 Å². The largest absolute Gasteiger partial charge is 0.324 e. The number of carbonyl (C=O) groups is 1. The Morgan fingerprint density at radius 1 is 0.926 bits per heavy atom. The number of hydrogen-bond acceptors (Lipinski definition) is 3. The van der Waals surface area contributed by atoms with Gasteiger partial charge in [0.15, 0.2) is 5.82 Å². The van der Waals surface area contributed by atoms with Gasteiger partial charge in [-0.25, -0.2) is 4.79 Å². The van der Waals surface area contributed by atoms with Gasteiger partial charge in [0.1, 0.15) is 0 Å². The number of benzene rings is 2. The van der Waals surface area contributed by atoms with Crippen molar-refractivity contribution in [3.05, 3.63) is 84.8 Å². The normalized spacial score (nSPS) is 10.7. The molecule has 27 heavy (non-hydrogen) atoms. The highest BCUT2D eigenvalue weighted by Crippen LogP contribution is 2.23.